The molecular weight excluding hydrogens is 422 g/mol. The Labute approximate surface area is 189 Å². The summed E-state index contributed by atoms with van der Waals surface area (Å²) in [5.74, 6) is 0. The summed E-state index contributed by atoms with van der Waals surface area (Å²) in [6, 6.07) is 9.40. The van der Waals surface area contributed by atoms with Crippen LogP contribution in [0.2, 0.25) is 0 Å². The van der Waals surface area contributed by atoms with E-state index in [0.717, 1.165) is 64.5 Å². The van der Waals surface area contributed by atoms with E-state index in [-0.39, 0.29) is 5.56 Å². The number of H-pyrrole nitrogens is 1. The van der Waals surface area contributed by atoms with Crippen LogP contribution < -0.4 is 5.56 Å². The van der Waals surface area contributed by atoms with Crippen molar-refractivity contribution in [3.05, 3.63) is 51.8 Å². The molecule has 8 heteroatoms. The Morgan fingerprint density at radius 1 is 1.06 bits per heavy atom. The molecule has 1 aliphatic carbocycles. The van der Waals surface area contributed by atoms with E-state index in [9.17, 15) is 9.00 Å². The number of hydrogen-bond donors (Lipinski definition) is 2. The molecule has 1 saturated heterocycles. The Balaban J connectivity index is 1.41. The maximum absolute atomic E-state index is 13.9. The number of nitrogens with one attached hydrogen (secondary N) is 2. The van der Waals surface area contributed by atoms with E-state index >= 15 is 0 Å². The molecule has 1 atom stereocenters. The van der Waals surface area contributed by atoms with Gasteiger partial charge in [0.15, 0.2) is 0 Å². The molecule has 1 aromatic heterocycles. The van der Waals surface area contributed by atoms with Crippen LogP contribution in [0, 0.1) is 4.78 Å². The Morgan fingerprint density at radius 2 is 1.81 bits per heavy atom. The third-order valence-electron chi connectivity index (χ3n) is 6.83. The zero-order valence-electron chi connectivity index (χ0n) is 19.1. The highest BCUT2D eigenvalue weighted by atomic mass is 32.2. The van der Waals surface area contributed by atoms with Gasteiger partial charge in [-0.1, -0.05) is 12.1 Å². The van der Waals surface area contributed by atoms with Gasteiger partial charge in [-0.25, -0.2) is 13.3 Å². The summed E-state index contributed by atoms with van der Waals surface area (Å²) in [6.45, 7) is 5.13. The molecule has 2 heterocycles. The largest absolute Gasteiger partial charge is 0.331 e. The topological polar surface area (TPSA) is 80.3 Å². The number of nitrogens with zero attached hydrogens (tertiary/aromatic N) is 3. The van der Waals surface area contributed by atoms with E-state index in [2.05, 4.69) is 31.0 Å². The number of rotatable bonds is 6. The van der Waals surface area contributed by atoms with Gasteiger partial charge in [-0.05, 0) is 29.3 Å². The van der Waals surface area contributed by atoms with Gasteiger partial charge in [0.2, 0.25) is 0 Å². The van der Waals surface area contributed by atoms with Gasteiger partial charge in [-0.3, -0.25) is 4.79 Å². The third-order valence-corrected chi connectivity index (χ3v) is 8.90. The molecule has 0 saturated carbocycles. The molecule has 2 aromatic carbocycles. The van der Waals surface area contributed by atoms with Gasteiger partial charge in [-0.2, -0.15) is 0 Å². The first kappa shape index (κ1) is 21.6. The predicted molar refractivity (Wildman–Crippen MR) is 130 cm³/mol. The molecule has 3 aromatic rings. The van der Waals surface area contributed by atoms with E-state index in [1.54, 1.807) is 6.07 Å². The highest BCUT2D eigenvalue weighted by Gasteiger charge is 2.31. The molecule has 2 N–H and O–H groups in total. The molecule has 0 radical (unpaired) electrons. The fourth-order valence-corrected chi connectivity index (χ4v) is 6.90. The minimum Gasteiger partial charge on any atom is -0.331 e. The standard InChI is InChI=1S/C24H31N5O2S/c1-29(2,3)15-5-10-27-11-13-28(14-12-27)32(25,31)21-9-8-20-23-19(21)16-17-6-4-7-18(22(17)23)24(30)26-20/h4,6-9H,5,10-16H2,1-3H3,(H-,25,26,30,31)/p+1. The molecule has 5 rings (SSSR count). The van der Waals surface area contributed by atoms with Crippen molar-refractivity contribution in [1.82, 2.24) is 14.2 Å². The maximum atomic E-state index is 13.9. The number of pyridine rings is 1. The summed E-state index contributed by atoms with van der Waals surface area (Å²) in [4.78, 5) is 18.5. The summed E-state index contributed by atoms with van der Waals surface area (Å²) in [7, 11) is 3.53. The minimum atomic E-state index is -3.10. The van der Waals surface area contributed by atoms with Crippen LogP contribution in [0.1, 0.15) is 17.5 Å². The van der Waals surface area contributed by atoms with Gasteiger partial charge in [0.25, 0.3) is 5.56 Å². The highest BCUT2D eigenvalue weighted by molar-refractivity contribution is 7.90. The van der Waals surface area contributed by atoms with E-state index in [1.807, 2.05) is 28.6 Å². The van der Waals surface area contributed by atoms with Crippen LogP contribution >= 0.6 is 0 Å². The van der Waals surface area contributed by atoms with E-state index in [1.165, 1.54) is 0 Å². The quantitative estimate of drug-likeness (QED) is 0.347. The van der Waals surface area contributed by atoms with Crippen LogP contribution in [-0.2, 0) is 16.3 Å². The fourth-order valence-electron chi connectivity index (χ4n) is 5.18. The average Bonchev–Trinajstić information content (AvgIpc) is 3.13. The molecule has 0 spiro atoms. The number of quaternary nitrogens is 1. The van der Waals surface area contributed by atoms with Crippen LogP contribution in [0.25, 0.3) is 21.7 Å². The molecule has 0 amide bonds. The lowest BCUT2D eigenvalue weighted by molar-refractivity contribution is -0.870. The summed E-state index contributed by atoms with van der Waals surface area (Å²) in [5.41, 5.74) is 2.69. The molecule has 1 unspecified atom stereocenters. The van der Waals surface area contributed by atoms with Gasteiger partial charge in [0, 0.05) is 67.2 Å². The third kappa shape index (κ3) is 3.65. The molecule has 1 fully saturated rings. The number of aromatic amines is 1. The van der Waals surface area contributed by atoms with Gasteiger partial charge in [0.1, 0.15) is 9.92 Å². The number of aromatic nitrogens is 1. The van der Waals surface area contributed by atoms with Crippen LogP contribution in [-0.4, -0.2) is 83.3 Å². The van der Waals surface area contributed by atoms with Crippen molar-refractivity contribution in [2.75, 3.05) is 60.4 Å². The Kier molecular flexibility index (Phi) is 5.16. The second kappa shape index (κ2) is 7.66. The predicted octanol–water partition coefficient (Wildman–Crippen LogP) is 2.62. The zero-order valence-corrected chi connectivity index (χ0v) is 19.9. The number of piperazine rings is 1. The smallest absolute Gasteiger partial charge is 0.256 e. The van der Waals surface area contributed by atoms with Crippen molar-refractivity contribution in [3.8, 4) is 0 Å². The minimum absolute atomic E-state index is 0.0945. The highest BCUT2D eigenvalue weighted by Crippen LogP contribution is 2.40. The lowest BCUT2D eigenvalue weighted by Crippen LogP contribution is -2.49. The fraction of sp³-hybridized carbons (Fsp3) is 0.458. The van der Waals surface area contributed by atoms with Crippen LogP contribution in [0.15, 0.2) is 40.0 Å². The zero-order chi connectivity index (χ0) is 22.7. The average molecular weight is 455 g/mol. The molecule has 2 aliphatic rings. The Bertz CT molecular complexity index is 1360. The lowest BCUT2D eigenvalue weighted by Gasteiger charge is -2.36. The monoisotopic (exact) mass is 454 g/mol. The molecular formula is C24H32N5O2S+. The van der Waals surface area contributed by atoms with Crippen LogP contribution in [0.4, 0.5) is 0 Å². The summed E-state index contributed by atoms with van der Waals surface area (Å²) >= 11 is 0. The summed E-state index contributed by atoms with van der Waals surface area (Å²) < 4.78 is 25.6. The maximum Gasteiger partial charge on any atom is 0.256 e. The molecule has 7 nitrogen and oxygen atoms in total. The Hall–Kier alpha value is -2.26. The molecule has 0 bridgehead atoms. The summed E-state index contributed by atoms with van der Waals surface area (Å²) in [5, 5.41) is 2.59. The second-order valence-electron chi connectivity index (χ2n) is 10.1. The first-order valence-corrected chi connectivity index (χ1v) is 12.8. The van der Waals surface area contributed by atoms with Gasteiger partial charge in [-0.15, -0.1) is 0 Å². The van der Waals surface area contributed by atoms with Crippen LogP contribution in [0.5, 0.6) is 0 Å². The van der Waals surface area contributed by atoms with Crippen LogP contribution in [0.3, 0.4) is 0 Å². The van der Waals surface area contributed by atoms with Gasteiger partial charge < -0.3 is 14.4 Å². The van der Waals surface area contributed by atoms with Crippen molar-refractivity contribution in [3.63, 3.8) is 0 Å². The lowest BCUT2D eigenvalue weighted by atomic mass is 10.1. The van der Waals surface area contributed by atoms with E-state index in [0.29, 0.717) is 29.8 Å². The van der Waals surface area contributed by atoms with Crippen molar-refractivity contribution >= 4 is 31.6 Å². The first-order chi connectivity index (χ1) is 15.1. The normalized spacial score (nSPS) is 19.2. The number of hydrogen-bond acceptors (Lipinski definition) is 4. The first-order valence-electron chi connectivity index (χ1n) is 11.3. The number of benzene rings is 2. The molecule has 1 aliphatic heterocycles. The second-order valence-corrected chi connectivity index (χ2v) is 12.1. The van der Waals surface area contributed by atoms with Crippen molar-refractivity contribution in [2.24, 2.45) is 0 Å². The van der Waals surface area contributed by atoms with E-state index < -0.39 is 9.92 Å². The summed E-state index contributed by atoms with van der Waals surface area (Å²) in [6.07, 6.45) is 1.76. The van der Waals surface area contributed by atoms with Crippen molar-refractivity contribution in [2.45, 2.75) is 17.7 Å². The molecule has 32 heavy (non-hydrogen) atoms. The molecule has 170 valence electrons. The van der Waals surface area contributed by atoms with Gasteiger partial charge in [0.05, 0.1) is 32.6 Å². The Morgan fingerprint density at radius 3 is 2.53 bits per heavy atom. The van der Waals surface area contributed by atoms with E-state index in [4.69, 9.17) is 4.78 Å². The van der Waals surface area contributed by atoms with Gasteiger partial charge >= 0.3 is 0 Å². The van der Waals surface area contributed by atoms with Crippen molar-refractivity contribution < 1.29 is 8.69 Å². The van der Waals surface area contributed by atoms with Crippen molar-refractivity contribution in [1.29, 1.82) is 4.78 Å². The SMILES string of the molecule is C[N+](C)(C)CCCN1CCN(S(=N)(=O)c2ccc3[nH]c(=O)c4cccc5c4c3c2C5)CC1.